The molecule has 0 amide bonds. The smallest absolute Gasteiger partial charge is 0.423 e. The van der Waals surface area contributed by atoms with E-state index in [1.165, 1.54) is 0 Å². The van der Waals surface area contributed by atoms with E-state index in [0.717, 1.165) is 23.9 Å². The molecule has 0 fully saturated rings. The molecule has 0 bridgehead atoms. The first-order valence-corrected chi connectivity index (χ1v) is 5.93. The van der Waals surface area contributed by atoms with Gasteiger partial charge in [0.1, 0.15) is 0 Å². The van der Waals surface area contributed by atoms with Gasteiger partial charge in [0.15, 0.2) is 5.78 Å². The van der Waals surface area contributed by atoms with Gasteiger partial charge in [-0.05, 0) is 23.9 Å². The Labute approximate surface area is 100 Å². The highest BCUT2D eigenvalue weighted by molar-refractivity contribution is 6.61. The fraction of sp³-hybridized carbons (Fsp3) is 0.308. The molecular weight excluding hydrogens is 215 g/mol. The molecule has 4 heteroatoms. The van der Waals surface area contributed by atoms with Crippen LogP contribution < -0.4 is 5.46 Å². The summed E-state index contributed by atoms with van der Waals surface area (Å²) >= 11 is 0. The Balaban J connectivity index is 2.01. The Morgan fingerprint density at radius 2 is 2.18 bits per heavy atom. The number of hydrogen-bond acceptors (Lipinski definition) is 3. The van der Waals surface area contributed by atoms with E-state index in [2.05, 4.69) is 0 Å². The number of fused-ring (bicyclic) bond motifs is 1. The highest BCUT2D eigenvalue weighted by atomic mass is 16.5. The number of carbonyl (C=O) groups is 1. The quantitative estimate of drug-likeness (QED) is 0.732. The number of benzene rings is 1. The van der Waals surface area contributed by atoms with E-state index in [9.17, 15) is 9.82 Å². The third kappa shape index (κ3) is 1.73. The van der Waals surface area contributed by atoms with Gasteiger partial charge in [-0.2, -0.15) is 0 Å². The van der Waals surface area contributed by atoms with Crippen molar-refractivity contribution in [1.29, 1.82) is 0 Å². The topological polar surface area (TPSA) is 46.5 Å². The lowest BCUT2D eigenvalue weighted by molar-refractivity contribution is -0.116. The molecule has 0 radical (unpaired) electrons. The highest BCUT2D eigenvalue weighted by Gasteiger charge is 2.38. The summed E-state index contributed by atoms with van der Waals surface area (Å²) in [6.45, 7) is 0. The van der Waals surface area contributed by atoms with E-state index in [1.807, 2.05) is 30.3 Å². The third-order valence-corrected chi connectivity index (χ3v) is 3.39. The van der Waals surface area contributed by atoms with Crippen molar-refractivity contribution in [2.75, 3.05) is 0 Å². The fourth-order valence-electron chi connectivity index (χ4n) is 2.52. The van der Waals surface area contributed by atoms with Crippen molar-refractivity contribution in [3.05, 3.63) is 41.5 Å². The molecule has 0 saturated heterocycles. The van der Waals surface area contributed by atoms with Gasteiger partial charge in [-0.15, -0.1) is 0 Å². The molecule has 1 N–H and O–H groups in total. The first kappa shape index (κ1) is 10.7. The van der Waals surface area contributed by atoms with Crippen molar-refractivity contribution in [3.8, 4) is 0 Å². The van der Waals surface area contributed by atoms with Crippen molar-refractivity contribution < 1.29 is 14.5 Å². The zero-order valence-electron chi connectivity index (χ0n) is 9.43. The van der Waals surface area contributed by atoms with Crippen molar-refractivity contribution in [2.24, 2.45) is 0 Å². The summed E-state index contributed by atoms with van der Waals surface area (Å²) in [7, 11) is -0.910. The molecule has 3 rings (SSSR count). The van der Waals surface area contributed by atoms with E-state index in [0.29, 0.717) is 12.0 Å². The van der Waals surface area contributed by atoms with E-state index in [-0.39, 0.29) is 11.9 Å². The van der Waals surface area contributed by atoms with Crippen LogP contribution in [0.4, 0.5) is 0 Å². The molecular formula is C13H13BO3. The Kier molecular flexibility index (Phi) is 2.61. The minimum absolute atomic E-state index is 0.144. The fourth-order valence-corrected chi connectivity index (χ4v) is 2.52. The van der Waals surface area contributed by atoms with Gasteiger partial charge in [0.05, 0.1) is 6.10 Å². The van der Waals surface area contributed by atoms with E-state index in [4.69, 9.17) is 4.65 Å². The van der Waals surface area contributed by atoms with Crippen LogP contribution in [0.1, 0.15) is 30.9 Å². The van der Waals surface area contributed by atoms with Crippen molar-refractivity contribution >= 4 is 18.4 Å². The number of Topliss-reactive ketones (excluding diaryl/α,β-unsaturated/α-hetero) is 1. The van der Waals surface area contributed by atoms with Crippen LogP contribution in [0.15, 0.2) is 35.9 Å². The Hall–Kier alpha value is -1.39. The van der Waals surface area contributed by atoms with Crippen LogP contribution in [0, 0.1) is 0 Å². The van der Waals surface area contributed by atoms with Crippen LogP contribution in [-0.4, -0.2) is 17.9 Å². The van der Waals surface area contributed by atoms with Gasteiger partial charge in [-0.25, -0.2) is 0 Å². The van der Waals surface area contributed by atoms with Gasteiger partial charge < -0.3 is 9.68 Å². The largest absolute Gasteiger partial charge is 0.492 e. The number of rotatable bonds is 1. The first-order chi connectivity index (χ1) is 8.27. The number of carbonyl (C=O) groups excluding carboxylic acids is 1. The van der Waals surface area contributed by atoms with Gasteiger partial charge in [0, 0.05) is 12.0 Å². The number of hydrogen-bond donors (Lipinski definition) is 1. The molecule has 17 heavy (non-hydrogen) atoms. The van der Waals surface area contributed by atoms with Gasteiger partial charge in [-0.1, -0.05) is 30.3 Å². The molecule has 0 spiro atoms. The standard InChI is InChI=1S/C13H13BO3/c15-12-8-4-2-6-10(12)13-9-5-1-3-7-11(9)14(16)17-13/h1,3,5-7,13,16H,2,4,8H2. The highest BCUT2D eigenvalue weighted by Crippen LogP contribution is 2.33. The zero-order valence-corrected chi connectivity index (χ0v) is 9.43. The van der Waals surface area contributed by atoms with Gasteiger partial charge >= 0.3 is 7.12 Å². The van der Waals surface area contributed by atoms with Crippen LogP contribution >= 0.6 is 0 Å². The number of ketones is 1. The van der Waals surface area contributed by atoms with Crippen LogP contribution in [0.25, 0.3) is 0 Å². The SMILES string of the molecule is O=C1CCCC=C1C1OB(O)c2ccccc21. The monoisotopic (exact) mass is 228 g/mol. The average molecular weight is 228 g/mol. The van der Waals surface area contributed by atoms with E-state index >= 15 is 0 Å². The summed E-state index contributed by atoms with van der Waals surface area (Å²) in [6.07, 6.45) is 3.99. The Morgan fingerprint density at radius 1 is 1.35 bits per heavy atom. The molecule has 1 unspecified atom stereocenters. The minimum atomic E-state index is -0.910. The van der Waals surface area contributed by atoms with Gasteiger partial charge in [0.25, 0.3) is 0 Å². The summed E-state index contributed by atoms with van der Waals surface area (Å²) in [5, 5.41) is 9.81. The van der Waals surface area contributed by atoms with Crippen LogP contribution in [0.2, 0.25) is 0 Å². The second-order valence-corrected chi connectivity index (χ2v) is 4.47. The minimum Gasteiger partial charge on any atom is -0.423 e. The molecule has 2 aliphatic rings. The number of allylic oxidation sites excluding steroid dienone is 1. The molecule has 86 valence electrons. The summed E-state index contributed by atoms with van der Waals surface area (Å²) in [6, 6.07) is 7.53. The van der Waals surface area contributed by atoms with Crippen molar-refractivity contribution in [1.82, 2.24) is 0 Å². The predicted molar refractivity (Wildman–Crippen MR) is 64.8 cm³/mol. The maximum Gasteiger partial charge on any atom is 0.492 e. The first-order valence-electron chi connectivity index (χ1n) is 5.93. The summed E-state index contributed by atoms with van der Waals surface area (Å²) in [5.74, 6) is 0.144. The Morgan fingerprint density at radius 3 is 3.00 bits per heavy atom. The summed E-state index contributed by atoms with van der Waals surface area (Å²) < 4.78 is 5.51. The molecule has 1 aliphatic carbocycles. The second kappa shape index (κ2) is 4.13. The molecule has 3 nitrogen and oxygen atoms in total. The van der Waals surface area contributed by atoms with Gasteiger partial charge in [0.2, 0.25) is 0 Å². The van der Waals surface area contributed by atoms with Crippen LogP contribution in [0.3, 0.4) is 0 Å². The van der Waals surface area contributed by atoms with Gasteiger partial charge in [-0.3, -0.25) is 4.79 Å². The second-order valence-electron chi connectivity index (χ2n) is 4.47. The van der Waals surface area contributed by atoms with Crippen LogP contribution in [-0.2, 0) is 9.45 Å². The molecule has 0 saturated carbocycles. The molecule has 0 aromatic heterocycles. The average Bonchev–Trinajstić information content (AvgIpc) is 2.68. The molecule has 1 aromatic carbocycles. The molecule has 1 aromatic rings. The van der Waals surface area contributed by atoms with E-state index in [1.54, 1.807) is 0 Å². The Bertz CT molecular complexity index is 495. The lowest BCUT2D eigenvalue weighted by atomic mass is 9.79. The summed E-state index contributed by atoms with van der Waals surface area (Å²) in [4.78, 5) is 11.9. The maximum absolute atomic E-state index is 11.9. The third-order valence-electron chi connectivity index (χ3n) is 3.39. The lowest BCUT2D eigenvalue weighted by Gasteiger charge is -2.19. The van der Waals surface area contributed by atoms with Crippen LogP contribution in [0.5, 0.6) is 0 Å². The van der Waals surface area contributed by atoms with E-state index < -0.39 is 7.12 Å². The molecule has 1 aliphatic heterocycles. The summed E-state index contributed by atoms with van der Waals surface area (Å²) in [5.41, 5.74) is 2.40. The van der Waals surface area contributed by atoms with Crippen molar-refractivity contribution in [3.63, 3.8) is 0 Å². The zero-order chi connectivity index (χ0) is 11.8. The maximum atomic E-state index is 11.9. The predicted octanol–water partition coefficient (Wildman–Crippen LogP) is 1.12. The molecule has 1 heterocycles. The molecule has 1 atom stereocenters. The lowest BCUT2D eigenvalue weighted by Crippen LogP contribution is -2.27. The normalized spacial score (nSPS) is 23.6. The van der Waals surface area contributed by atoms with Crippen molar-refractivity contribution in [2.45, 2.75) is 25.4 Å².